The molecule has 0 fully saturated rings. The molecule has 0 aliphatic rings. The van der Waals surface area contributed by atoms with Gasteiger partial charge in [-0.05, 0) is 25.5 Å². The predicted octanol–water partition coefficient (Wildman–Crippen LogP) is 2.73. The lowest BCUT2D eigenvalue weighted by Gasteiger charge is -2.03. The molecule has 1 aromatic heterocycles. The fourth-order valence-electron chi connectivity index (χ4n) is 2.05. The summed E-state index contributed by atoms with van der Waals surface area (Å²) in [6.07, 6.45) is 2.12. The summed E-state index contributed by atoms with van der Waals surface area (Å²) in [5, 5.41) is 20.3. The highest BCUT2D eigenvalue weighted by molar-refractivity contribution is 6.31. The van der Waals surface area contributed by atoms with Crippen LogP contribution in [0.3, 0.4) is 0 Å². The van der Waals surface area contributed by atoms with E-state index in [0.29, 0.717) is 11.4 Å². The van der Waals surface area contributed by atoms with Crippen molar-refractivity contribution in [2.45, 2.75) is 26.0 Å². The molecule has 0 saturated heterocycles. The first-order valence-corrected chi connectivity index (χ1v) is 6.08. The van der Waals surface area contributed by atoms with Crippen molar-refractivity contribution < 1.29 is 10.2 Å². The van der Waals surface area contributed by atoms with Crippen molar-refractivity contribution in [2.75, 3.05) is 6.61 Å². The Morgan fingerprint density at radius 2 is 2.18 bits per heavy atom. The first-order valence-electron chi connectivity index (χ1n) is 5.70. The second kappa shape index (κ2) is 5.08. The largest absolute Gasteiger partial charge is 0.396 e. The Bertz CT molecular complexity index is 519. The molecule has 0 amide bonds. The number of rotatable bonds is 4. The molecule has 0 spiro atoms. The van der Waals surface area contributed by atoms with E-state index in [0.717, 1.165) is 23.0 Å². The van der Waals surface area contributed by atoms with Crippen molar-refractivity contribution in [3.8, 4) is 0 Å². The van der Waals surface area contributed by atoms with Crippen molar-refractivity contribution in [2.24, 2.45) is 0 Å². The molecule has 0 bridgehead atoms. The quantitative estimate of drug-likeness (QED) is 0.880. The Kier molecular flexibility index (Phi) is 3.72. The highest BCUT2D eigenvalue weighted by Gasteiger charge is 2.12. The van der Waals surface area contributed by atoms with Gasteiger partial charge >= 0.3 is 0 Å². The molecule has 4 heteroatoms. The standard InChI is InChI=1S/C13H16ClNO2/c1-9(17)12-8-15(5-2-6-16)13-7-10(14)3-4-11(12)13/h3-4,7-9,16-17H,2,5-6H2,1H3. The van der Waals surface area contributed by atoms with E-state index in [1.807, 2.05) is 29.0 Å². The third-order valence-corrected chi connectivity index (χ3v) is 3.12. The Balaban J connectivity index is 2.54. The van der Waals surface area contributed by atoms with Gasteiger partial charge in [0.05, 0.1) is 6.10 Å². The van der Waals surface area contributed by atoms with Crippen LogP contribution in [0.5, 0.6) is 0 Å². The molecule has 0 saturated carbocycles. The molecule has 2 N–H and O–H groups in total. The normalized spacial score (nSPS) is 13.2. The highest BCUT2D eigenvalue weighted by atomic mass is 35.5. The van der Waals surface area contributed by atoms with Gasteiger partial charge in [-0.1, -0.05) is 17.7 Å². The maximum absolute atomic E-state index is 9.73. The van der Waals surface area contributed by atoms with Crippen molar-refractivity contribution in [3.63, 3.8) is 0 Å². The molecule has 2 rings (SSSR count). The Labute approximate surface area is 105 Å². The summed E-state index contributed by atoms with van der Waals surface area (Å²) in [7, 11) is 0. The predicted molar refractivity (Wildman–Crippen MR) is 69.3 cm³/mol. The fourth-order valence-corrected chi connectivity index (χ4v) is 2.22. The van der Waals surface area contributed by atoms with E-state index in [9.17, 15) is 5.11 Å². The molecule has 92 valence electrons. The lowest BCUT2D eigenvalue weighted by atomic mass is 10.1. The number of fused-ring (bicyclic) bond motifs is 1. The summed E-state index contributed by atoms with van der Waals surface area (Å²) in [5.41, 5.74) is 1.90. The number of aryl methyl sites for hydroxylation is 1. The zero-order chi connectivity index (χ0) is 12.4. The van der Waals surface area contributed by atoms with Crippen LogP contribution in [0.2, 0.25) is 5.02 Å². The van der Waals surface area contributed by atoms with E-state index >= 15 is 0 Å². The Morgan fingerprint density at radius 1 is 1.41 bits per heavy atom. The molecule has 1 heterocycles. The van der Waals surface area contributed by atoms with Gasteiger partial charge in [0, 0.05) is 40.8 Å². The maximum atomic E-state index is 9.73. The molecule has 3 nitrogen and oxygen atoms in total. The number of halogens is 1. The van der Waals surface area contributed by atoms with Crippen LogP contribution >= 0.6 is 11.6 Å². The van der Waals surface area contributed by atoms with Gasteiger partial charge in [-0.25, -0.2) is 0 Å². The average molecular weight is 254 g/mol. The van der Waals surface area contributed by atoms with Gasteiger partial charge in [-0.2, -0.15) is 0 Å². The minimum atomic E-state index is -0.506. The zero-order valence-corrected chi connectivity index (χ0v) is 10.5. The second-order valence-corrected chi connectivity index (χ2v) is 4.63. The summed E-state index contributed by atoms with van der Waals surface area (Å²) < 4.78 is 2.03. The number of hydrogen-bond donors (Lipinski definition) is 2. The molecule has 1 atom stereocenters. The third kappa shape index (κ3) is 2.46. The molecule has 1 aromatic carbocycles. The number of aliphatic hydroxyl groups excluding tert-OH is 2. The third-order valence-electron chi connectivity index (χ3n) is 2.88. The van der Waals surface area contributed by atoms with E-state index < -0.39 is 6.10 Å². The Hall–Kier alpha value is -1.03. The lowest BCUT2D eigenvalue weighted by molar-refractivity contribution is 0.200. The smallest absolute Gasteiger partial charge is 0.0782 e. The minimum Gasteiger partial charge on any atom is -0.396 e. The number of nitrogens with zero attached hydrogens (tertiary/aromatic N) is 1. The average Bonchev–Trinajstić information content (AvgIpc) is 2.64. The van der Waals surface area contributed by atoms with Crippen LogP contribution in [-0.4, -0.2) is 21.4 Å². The Morgan fingerprint density at radius 3 is 2.82 bits per heavy atom. The van der Waals surface area contributed by atoms with Crippen molar-refractivity contribution in [3.05, 3.63) is 35.0 Å². The van der Waals surface area contributed by atoms with Gasteiger partial charge in [0.25, 0.3) is 0 Å². The van der Waals surface area contributed by atoms with E-state index in [4.69, 9.17) is 16.7 Å². The summed E-state index contributed by atoms with van der Waals surface area (Å²) in [6, 6.07) is 5.64. The fraction of sp³-hybridized carbons (Fsp3) is 0.385. The van der Waals surface area contributed by atoms with Crippen molar-refractivity contribution in [1.29, 1.82) is 0 Å². The molecule has 1 unspecified atom stereocenters. The van der Waals surface area contributed by atoms with Gasteiger partial charge < -0.3 is 14.8 Å². The van der Waals surface area contributed by atoms with Crippen LogP contribution in [0.15, 0.2) is 24.4 Å². The van der Waals surface area contributed by atoms with E-state index in [-0.39, 0.29) is 6.61 Å². The highest BCUT2D eigenvalue weighted by Crippen LogP contribution is 2.28. The van der Waals surface area contributed by atoms with Gasteiger partial charge in [0.2, 0.25) is 0 Å². The lowest BCUT2D eigenvalue weighted by Crippen LogP contribution is -1.98. The molecule has 0 aliphatic carbocycles. The molecular weight excluding hydrogens is 238 g/mol. The number of benzene rings is 1. The first-order chi connectivity index (χ1) is 8.13. The number of aliphatic hydroxyl groups is 2. The van der Waals surface area contributed by atoms with Gasteiger partial charge in [0.1, 0.15) is 0 Å². The van der Waals surface area contributed by atoms with Crippen LogP contribution in [0.1, 0.15) is 25.0 Å². The summed E-state index contributed by atoms with van der Waals surface area (Å²) in [5.74, 6) is 0. The van der Waals surface area contributed by atoms with Crippen LogP contribution in [-0.2, 0) is 6.54 Å². The van der Waals surface area contributed by atoms with Crippen LogP contribution < -0.4 is 0 Å². The van der Waals surface area contributed by atoms with Crippen LogP contribution in [0.4, 0.5) is 0 Å². The van der Waals surface area contributed by atoms with E-state index in [1.165, 1.54) is 0 Å². The number of hydrogen-bond acceptors (Lipinski definition) is 2. The van der Waals surface area contributed by atoms with Crippen molar-refractivity contribution in [1.82, 2.24) is 4.57 Å². The molecule has 2 aromatic rings. The molecule has 0 radical (unpaired) electrons. The molecule has 0 aliphatic heterocycles. The van der Waals surface area contributed by atoms with E-state index in [1.54, 1.807) is 6.92 Å². The van der Waals surface area contributed by atoms with Gasteiger partial charge in [-0.3, -0.25) is 0 Å². The number of aromatic nitrogens is 1. The monoisotopic (exact) mass is 253 g/mol. The van der Waals surface area contributed by atoms with Gasteiger partial charge in [-0.15, -0.1) is 0 Å². The van der Waals surface area contributed by atoms with Crippen molar-refractivity contribution >= 4 is 22.5 Å². The molecular formula is C13H16ClNO2. The minimum absolute atomic E-state index is 0.157. The van der Waals surface area contributed by atoms with Gasteiger partial charge in [0.15, 0.2) is 0 Å². The van der Waals surface area contributed by atoms with E-state index in [2.05, 4.69) is 0 Å². The summed E-state index contributed by atoms with van der Waals surface area (Å²) in [4.78, 5) is 0. The maximum Gasteiger partial charge on any atom is 0.0782 e. The molecule has 17 heavy (non-hydrogen) atoms. The second-order valence-electron chi connectivity index (χ2n) is 4.19. The zero-order valence-electron chi connectivity index (χ0n) is 9.73. The summed E-state index contributed by atoms with van der Waals surface area (Å²) in [6.45, 7) is 2.63. The SMILES string of the molecule is CC(O)c1cn(CCCO)c2cc(Cl)ccc12. The first kappa shape index (κ1) is 12.4. The summed E-state index contributed by atoms with van der Waals surface area (Å²) >= 11 is 5.99. The topological polar surface area (TPSA) is 45.4 Å². The van der Waals surface area contributed by atoms with Crippen LogP contribution in [0.25, 0.3) is 10.9 Å². The van der Waals surface area contributed by atoms with Crippen LogP contribution in [0, 0.1) is 0 Å².